The summed E-state index contributed by atoms with van der Waals surface area (Å²) in [7, 11) is 0. The number of nitrogens with two attached hydrogens (primary N) is 3. The lowest BCUT2D eigenvalue weighted by molar-refractivity contribution is -0.757. The molecule has 0 aliphatic heterocycles. The van der Waals surface area contributed by atoms with Crippen LogP contribution in [-0.4, -0.2) is 65.6 Å². The molecule has 1 amide bonds. The van der Waals surface area contributed by atoms with Crippen molar-refractivity contribution in [2.75, 3.05) is 25.5 Å². The minimum atomic E-state index is -1.02. The standard InChI is InChI=1S/C15H28N6O7S.ClH/c1-10(22)20-12(13(23)27-7-2-3-8-28-21(25)26)9-29-14(24)11(16)5-4-6-19-15(17)18;/h11-12H,2-9,16H2,1H3,(H,20,22)(H4,17,18,19);1H/t11?,12-;/m0./s1. The molecule has 0 aromatic rings. The van der Waals surface area contributed by atoms with Crippen LogP contribution >= 0.6 is 24.2 Å². The largest absolute Gasteiger partial charge is 0.464 e. The van der Waals surface area contributed by atoms with E-state index in [1.165, 1.54) is 6.92 Å². The van der Waals surface area contributed by atoms with E-state index in [4.69, 9.17) is 21.9 Å². The van der Waals surface area contributed by atoms with Gasteiger partial charge in [0.05, 0.1) is 19.3 Å². The van der Waals surface area contributed by atoms with Crippen LogP contribution in [0.5, 0.6) is 0 Å². The third-order valence-electron chi connectivity index (χ3n) is 3.30. The fourth-order valence-corrected chi connectivity index (χ4v) is 2.82. The molecule has 0 spiro atoms. The smallest absolute Gasteiger partial charge is 0.329 e. The first kappa shape index (κ1) is 29.9. The summed E-state index contributed by atoms with van der Waals surface area (Å²) in [6, 6.07) is -1.78. The van der Waals surface area contributed by atoms with E-state index >= 15 is 0 Å². The Morgan fingerprint density at radius 1 is 1.20 bits per heavy atom. The number of unbranched alkanes of at least 4 members (excludes halogenated alkanes) is 1. The van der Waals surface area contributed by atoms with Crippen LogP contribution in [0.1, 0.15) is 32.6 Å². The molecule has 30 heavy (non-hydrogen) atoms. The highest BCUT2D eigenvalue weighted by atomic mass is 35.5. The molecule has 1 unspecified atom stereocenters. The van der Waals surface area contributed by atoms with Crippen molar-refractivity contribution in [1.82, 2.24) is 5.32 Å². The van der Waals surface area contributed by atoms with Crippen molar-refractivity contribution in [1.29, 1.82) is 0 Å². The van der Waals surface area contributed by atoms with Gasteiger partial charge < -0.3 is 32.1 Å². The third kappa shape index (κ3) is 16.6. The Morgan fingerprint density at radius 3 is 2.40 bits per heavy atom. The summed E-state index contributed by atoms with van der Waals surface area (Å²) >= 11 is 0.818. The number of amides is 1. The molecule has 174 valence electrons. The number of ether oxygens (including phenoxy) is 1. The van der Waals surface area contributed by atoms with Crippen LogP contribution < -0.4 is 22.5 Å². The molecule has 13 nitrogen and oxygen atoms in total. The quantitative estimate of drug-likeness (QED) is 0.0570. The fourth-order valence-electron chi connectivity index (χ4n) is 1.94. The molecule has 0 saturated heterocycles. The summed E-state index contributed by atoms with van der Waals surface area (Å²) in [6.07, 6.45) is 1.55. The molecule has 0 fully saturated rings. The van der Waals surface area contributed by atoms with Crippen molar-refractivity contribution in [3.05, 3.63) is 10.1 Å². The van der Waals surface area contributed by atoms with Crippen molar-refractivity contribution in [3.8, 4) is 0 Å². The van der Waals surface area contributed by atoms with Gasteiger partial charge in [-0.05, 0) is 25.7 Å². The molecule has 7 N–H and O–H groups in total. The second-order valence-corrected chi connectivity index (χ2v) is 6.89. The van der Waals surface area contributed by atoms with Gasteiger partial charge in [-0.1, -0.05) is 11.8 Å². The molecule has 0 heterocycles. The van der Waals surface area contributed by atoms with E-state index in [9.17, 15) is 24.5 Å². The van der Waals surface area contributed by atoms with Gasteiger partial charge in [0.1, 0.15) is 6.04 Å². The zero-order chi connectivity index (χ0) is 22.2. The van der Waals surface area contributed by atoms with Gasteiger partial charge in [-0.15, -0.1) is 22.5 Å². The predicted molar refractivity (Wildman–Crippen MR) is 113 cm³/mol. The van der Waals surface area contributed by atoms with Crippen LogP contribution in [0.3, 0.4) is 0 Å². The van der Waals surface area contributed by atoms with Crippen LogP contribution in [0.15, 0.2) is 4.99 Å². The molecule has 0 bridgehead atoms. The number of hydrogen-bond acceptors (Lipinski definition) is 10. The maximum atomic E-state index is 12.1. The van der Waals surface area contributed by atoms with Crippen LogP contribution in [-0.2, 0) is 24.0 Å². The Hall–Kier alpha value is -2.32. The molecular weight excluding hydrogens is 444 g/mol. The van der Waals surface area contributed by atoms with Crippen LogP contribution in [0.4, 0.5) is 0 Å². The zero-order valence-electron chi connectivity index (χ0n) is 16.6. The van der Waals surface area contributed by atoms with Gasteiger partial charge in [0, 0.05) is 19.2 Å². The summed E-state index contributed by atoms with van der Waals surface area (Å²) in [5, 5.41) is 11.2. The maximum absolute atomic E-state index is 12.1. The second-order valence-electron chi connectivity index (χ2n) is 5.87. The van der Waals surface area contributed by atoms with Crippen LogP contribution in [0, 0.1) is 10.1 Å². The molecule has 0 aromatic heterocycles. The SMILES string of the molecule is CC(=O)N[C@@H](CSC(=O)C(N)CCCN=C(N)N)C(=O)OCCCCO[N+](=O)[O-].Cl. The molecular formula is C15H29ClN6O7S. The van der Waals surface area contributed by atoms with Gasteiger partial charge in [-0.3, -0.25) is 14.6 Å². The summed E-state index contributed by atoms with van der Waals surface area (Å²) < 4.78 is 5.03. The lowest BCUT2D eigenvalue weighted by Crippen LogP contribution is -2.43. The summed E-state index contributed by atoms with van der Waals surface area (Å²) in [5.41, 5.74) is 16.2. The van der Waals surface area contributed by atoms with Gasteiger partial charge in [0.2, 0.25) is 11.0 Å². The van der Waals surface area contributed by atoms with E-state index in [0.29, 0.717) is 32.2 Å². The first-order chi connectivity index (χ1) is 13.6. The molecule has 0 rings (SSSR count). The Kier molecular flexibility index (Phi) is 17.5. The highest BCUT2D eigenvalue weighted by Crippen LogP contribution is 2.11. The second kappa shape index (κ2) is 17.5. The first-order valence-electron chi connectivity index (χ1n) is 8.82. The summed E-state index contributed by atoms with van der Waals surface area (Å²) in [6.45, 7) is 1.47. The Labute approximate surface area is 184 Å². The highest BCUT2D eigenvalue weighted by molar-refractivity contribution is 8.13. The van der Waals surface area contributed by atoms with Crippen molar-refractivity contribution in [3.63, 3.8) is 0 Å². The number of halogens is 1. The average Bonchev–Trinajstić information content (AvgIpc) is 2.63. The molecule has 0 radical (unpaired) electrons. The number of esters is 1. The van der Waals surface area contributed by atoms with Gasteiger partial charge in [-0.2, -0.15) is 0 Å². The lowest BCUT2D eigenvalue weighted by atomic mass is 10.2. The van der Waals surface area contributed by atoms with Crippen molar-refractivity contribution < 1.29 is 29.0 Å². The van der Waals surface area contributed by atoms with Gasteiger partial charge in [0.25, 0.3) is 5.09 Å². The molecule has 2 atom stereocenters. The molecule has 0 aromatic carbocycles. The fraction of sp³-hybridized carbons (Fsp3) is 0.733. The molecule has 0 aliphatic carbocycles. The number of guanidine groups is 1. The van der Waals surface area contributed by atoms with Crippen LogP contribution in [0.25, 0.3) is 0 Å². The van der Waals surface area contributed by atoms with Crippen molar-refractivity contribution >= 4 is 47.1 Å². The van der Waals surface area contributed by atoms with Gasteiger partial charge >= 0.3 is 5.97 Å². The number of nitrogens with zero attached hydrogens (tertiary/aromatic N) is 2. The normalized spacial score (nSPS) is 11.9. The number of aliphatic imine (C=N–C) groups is 1. The van der Waals surface area contributed by atoms with E-state index in [1.54, 1.807) is 0 Å². The monoisotopic (exact) mass is 472 g/mol. The Morgan fingerprint density at radius 2 is 1.83 bits per heavy atom. The number of nitrogens with one attached hydrogen (secondary N) is 1. The first-order valence-corrected chi connectivity index (χ1v) is 9.80. The Bertz CT molecular complexity index is 592. The lowest BCUT2D eigenvalue weighted by Gasteiger charge is -2.17. The van der Waals surface area contributed by atoms with E-state index in [2.05, 4.69) is 15.1 Å². The Balaban J connectivity index is 0. The van der Waals surface area contributed by atoms with Gasteiger partial charge in [-0.25, -0.2) is 4.79 Å². The number of thioether (sulfide) groups is 1. The zero-order valence-corrected chi connectivity index (χ0v) is 18.2. The van der Waals surface area contributed by atoms with Crippen molar-refractivity contribution in [2.45, 2.75) is 44.7 Å². The molecule has 15 heteroatoms. The summed E-state index contributed by atoms with van der Waals surface area (Å²) in [5.74, 6) is -1.25. The van der Waals surface area contributed by atoms with Gasteiger partial charge in [0.15, 0.2) is 5.96 Å². The average molecular weight is 473 g/mol. The predicted octanol–water partition coefficient (Wildman–Crippen LogP) is -0.915. The van der Waals surface area contributed by atoms with E-state index in [-0.39, 0.29) is 42.4 Å². The highest BCUT2D eigenvalue weighted by Gasteiger charge is 2.24. The van der Waals surface area contributed by atoms with E-state index < -0.39 is 29.0 Å². The summed E-state index contributed by atoms with van der Waals surface area (Å²) in [4.78, 5) is 53.4. The topological polar surface area (TPSA) is 215 Å². The minimum Gasteiger partial charge on any atom is -0.464 e. The minimum absolute atomic E-state index is 0. The van der Waals surface area contributed by atoms with Crippen molar-refractivity contribution in [2.24, 2.45) is 22.2 Å². The third-order valence-corrected chi connectivity index (χ3v) is 4.39. The number of carbonyl (C=O) groups excluding carboxylic acids is 3. The van der Waals surface area contributed by atoms with Crippen LogP contribution in [0.2, 0.25) is 0 Å². The molecule has 0 saturated carbocycles. The van der Waals surface area contributed by atoms with E-state index in [0.717, 1.165) is 11.8 Å². The number of hydrogen-bond donors (Lipinski definition) is 4. The van der Waals surface area contributed by atoms with E-state index in [1.807, 2.05) is 0 Å². The number of carbonyl (C=O) groups is 3. The maximum Gasteiger partial charge on any atom is 0.329 e. The number of rotatable bonds is 15. The molecule has 0 aliphatic rings.